The summed E-state index contributed by atoms with van der Waals surface area (Å²) < 4.78 is 2.12. The summed E-state index contributed by atoms with van der Waals surface area (Å²) in [6.45, 7) is 5.23. The number of amides is 1. The third kappa shape index (κ3) is 4.39. The molecule has 3 rings (SSSR count). The predicted octanol–water partition coefficient (Wildman–Crippen LogP) is 1.49. The van der Waals surface area contributed by atoms with E-state index in [-0.39, 0.29) is 11.8 Å². The molecule has 3 heterocycles. The molecule has 1 atom stereocenters. The monoisotopic (exact) mass is 332 g/mol. The molecule has 1 aromatic rings. The van der Waals surface area contributed by atoms with Gasteiger partial charge in [-0.1, -0.05) is 0 Å². The standard InChI is InChI=1S/C19H32N4O/c1-21-13-8-18(9-14-21)23-12-3-5-16(15-23)19(24)20-10-7-17-6-4-11-22(17)2/h4,6,11,16,18H,3,5,7-10,12-15H2,1-2H3,(H,20,24)/t16-/m0/s1. The molecule has 2 saturated heterocycles. The predicted molar refractivity (Wildman–Crippen MR) is 96.9 cm³/mol. The summed E-state index contributed by atoms with van der Waals surface area (Å²) in [5, 5.41) is 3.16. The number of aryl methyl sites for hydroxylation is 1. The molecule has 5 heteroatoms. The van der Waals surface area contributed by atoms with Gasteiger partial charge in [0, 0.05) is 44.5 Å². The zero-order chi connectivity index (χ0) is 16.9. The lowest BCUT2D eigenvalue weighted by atomic mass is 9.93. The van der Waals surface area contributed by atoms with Crippen LogP contribution in [0.3, 0.4) is 0 Å². The molecular formula is C19H32N4O. The molecule has 0 aliphatic carbocycles. The number of nitrogens with one attached hydrogen (secondary N) is 1. The molecule has 134 valence electrons. The van der Waals surface area contributed by atoms with Gasteiger partial charge in [0.25, 0.3) is 0 Å². The van der Waals surface area contributed by atoms with Crippen molar-refractivity contribution in [1.29, 1.82) is 0 Å². The van der Waals surface area contributed by atoms with Crippen LogP contribution in [-0.2, 0) is 18.3 Å². The lowest BCUT2D eigenvalue weighted by Crippen LogP contribution is -2.50. The summed E-state index contributed by atoms with van der Waals surface area (Å²) in [7, 11) is 4.26. The SMILES string of the molecule is CN1CCC(N2CCC[C@H](C(=O)NCCc3cccn3C)C2)CC1. The number of piperidine rings is 2. The van der Waals surface area contributed by atoms with Gasteiger partial charge in [0.15, 0.2) is 0 Å². The Kier molecular flexibility index (Phi) is 5.95. The Morgan fingerprint density at radius 2 is 2.00 bits per heavy atom. The zero-order valence-electron chi connectivity index (χ0n) is 15.2. The molecule has 1 aromatic heterocycles. The quantitative estimate of drug-likeness (QED) is 0.888. The first-order valence-corrected chi connectivity index (χ1v) is 9.44. The molecule has 2 fully saturated rings. The fourth-order valence-corrected chi connectivity index (χ4v) is 4.13. The summed E-state index contributed by atoms with van der Waals surface area (Å²) in [5.74, 6) is 0.425. The van der Waals surface area contributed by atoms with Crippen LogP contribution in [0.4, 0.5) is 0 Å². The Hall–Kier alpha value is -1.33. The summed E-state index contributed by atoms with van der Waals surface area (Å²) in [4.78, 5) is 17.5. The van der Waals surface area contributed by atoms with Crippen molar-refractivity contribution in [2.75, 3.05) is 39.8 Å². The lowest BCUT2D eigenvalue weighted by molar-refractivity contribution is -0.127. The van der Waals surface area contributed by atoms with Gasteiger partial charge in [0.1, 0.15) is 0 Å². The van der Waals surface area contributed by atoms with Crippen molar-refractivity contribution in [2.24, 2.45) is 13.0 Å². The van der Waals surface area contributed by atoms with Crippen molar-refractivity contribution in [1.82, 2.24) is 19.7 Å². The number of hydrogen-bond donors (Lipinski definition) is 1. The highest BCUT2D eigenvalue weighted by atomic mass is 16.1. The van der Waals surface area contributed by atoms with Gasteiger partial charge in [0.2, 0.25) is 5.91 Å². The van der Waals surface area contributed by atoms with Gasteiger partial charge in [-0.25, -0.2) is 0 Å². The first kappa shape index (κ1) is 17.5. The minimum absolute atomic E-state index is 0.173. The van der Waals surface area contributed by atoms with Crippen molar-refractivity contribution in [2.45, 2.75) is 38.1 Å². The van der Waals surface area contributed by atoms with Crippen LogP contribution in [0.2, 0.25) is 0 Å². The third-order valence-corrected chi connectivity index (χ3v) is 5.76. The summed E-state index contributed by atoms with van der Waals surface area (Å²) in [6, 6.07) is 4.85. The normalized spacial score (nSPS) is 24.2. The topological polar surface area (TPSA) is 40.5 Å². The summed E-state index contributed by atoms with van der Waals surface area (Å²) in [5.41, 5.74) is 1.27. The van der Waals surface area contributed by atoms with E-state index >= 15 is 0 Å². The van der Waals surface area contributed by atoms with Crippen LogP contribution in [0.15, 0.2) is 18.3 Å². The van der Waals surface area contributed by atoms with Crippen molar-refractivity contribution in [3.63, 3.8) is 0 Å². The van der Waals surface area contributed by atoms with Gasteiger partial charge < -0.3 is 14.8 Å². The molecule has 5 nitrogen and oxygen atoms in total. The molecule has 2 aliphatic heterocycles. The van der Waals surface area contributed by atoms with Crippen molar-refractivity contribution < 1.29 is 4.79 Å². The van der Waals surface area contributed by atoms with Gasteiger partial charge in [-0.05, 0) is 64.5 Å². The van der Waals surface area contributed by atoms with E-state index in [4.69, 9.17) is 0 Å². The first-order valence-electron chi connectivity index (χ1n) is 9.44. The van der Waals surface area contributed by atoms with Crippen LogP contribution in [0.25, 0.3) is 0 Å². The van der Waals surface area contributed by atoms with Gasteiger partial charge in [-0.2, -0.15) is 0 Å². The zero-order valence-corrected chi connectivity index (χ0v) is 15.2. The molecule has 0 bridgehead atoms. The molecular weight excluding hydrogens is 300 g/mol. The van der Waals surface area contributed by atoms with Crippen molar-refractivity contribution in [3.8, 4) is 0 Å². The second-order valence-corrected chi connectivity index (χ2v) is 7.52. The Labute approximate surface area is 146 Å². The molecule has 1 N–H and O–H groups in total. The van der Waals surface area contributed by atoms with Crippen LogP contribution in [-0.4, -0.2) is 66.1 Å². The largest absolute Gasteiger partial charge is 0.355 e. The van der Waals surface area contributed by atoms with Crippen molar-refractivity contribution in [3.05, 3.63) is 24.0 Å². The number of hydrogen-bond acceptors (Lipinski definition) is 3. The molecule has 0 unspecified atom stereocenters. The number of carbonyl (C=O) groups excluding carboxylic acids is 1. The highest BCUT2D eigenvalue weighted by Crippen LogP contribution is 2.23. The molecule has 0 spiro atoms. The van der Waals surface area contributed by atoms with E-state index in [9.17, 15) is 4.79 Å². The van der Waals surface area contributed by atoms with Crippen LogP contribution in [0.1, 0.15) is 31.4 Å². The maximum absolute atomic E-state index is 12.5. The number of nitrogens with zero attached hydrogens (tertiary/aromatic N) is 3. The average molecular weight is 332 g/mol. The van der Waals surface area contributed by atoms with Gasteiger partial charge in [-0.15, -0.1) is 0 Å². The van der Waals surface area contributed by atoms with Crippen LogP contribution in [0, 0.1) is 5.92 Å². The maximum atomic E-state index is 12.5. The molecule has 2 aliphatic rings. The highest BCUT2D eigenvalue weighted by Gasteiger charge is 2.30. The minimum Gasteiger partial charge on any atom is -0.355 e. The number of likely N-dealkylation sites (tertiary alicyclic amines) is 2. The Morgan fingerprint density at radius 3 is 2.71 bits per heavy atom. The smallest absolute Gasteiger partial charge is 0.224 e. The first-order chi connectivity index (χ1) is 11.6. The van der Waals surface area contributed by atoms with E-state index in [2.05, 4.69) is 52.1 Å². The van der Waals surface area contributed by atoms with Crippen LogP contribution < -0.4 is 5.32 Å². The van der Waals surface area contributed by atoms with Gasteiger partial charge in [0.05, 0.1) is 5.92 Å². The number of aromatic nitrogens is 1. The molecule has 0 saturated carbocycles. The maximum Gasteiger partial charge on any atom is 0.224 e. The van der Waals surface area contributed by atoms with E-state index in [1.807, 2.05) is 0 Å². The number of rotatable bonds is 5. The Bertz CT molecular complexity index is 533. The molecule has 1 amide bonds. The second kappa shape index (κ2) is 8.17. The Balaban J connectivity index is 1.44. The summed E-state index contributed by atoms with van der Waals surface area (Å²) in [6.07, 6.45) is 7.65. The van der Waals surface area contributed by atoms with E-state index in [1.54, 1.807) is 0 Å². The molecule has 0 aromatic carbocycles. The van der Waals surface area contributed by atoms with Crippen molar-refractivity contribution >= 4 is 5.91 Å². The summed E-state index contributed by atoms with van der Waals surface area (Å²) >= 11 is 0. The van der Waals surface area contributed by atoms with E-state index in [0.29, 0.717) is 6.04 Å². The number of carbonyl (C=O) groups is 1. The van der Waals surface area contributed by atoms with E-state index < -0.39 is 0 Å². The van der Waals surface area contributed by atoms with Gasteiger partial charge >= 0.3 is 0 Å². The third-order valence-electron chi connectivity index (χ3n) is 5.76. The van der Waals surface area contributed by atoms with Crippen LogP contribution in [0.5, 0.6) is 0 Å². The fourth-order valence-electron chi connectivity index (χ4n) is 4.13. The average Bonchev–Trinajstić information content (AvgIpc) is 3.01. The highest BCUT2D eigenvalue weighted by molar-refractivity contribution is 5.78. The molecule has 24 heavy (non-hydrogen) atoms. The van der Waals surface area contributed by atoms with E-state index in [0.717, 1.165) is 32.4 Å². The Morgan fingerprint density at radius 1 is 1.21 bits per heavy atom. The molecule has 0 radical (unpaired) electrons. The minimum atomic E-state index is 0.173. The second-order valence-electron chi connectivity index (χ2n) is 7.52. The van der Waals surface area contributed by atoms with Crippen LogP contribution >= 0.6 is 0 Å². The van der Waals surface area contributed by atoms with E-state index in [1.165, 1.54) is 38.2 Å². The lowest BCUT2D eigenvalue weighted by Gasteiger charge is -2.41. The fraction of sp³-hybridized carbons (Fsp3) is 0.737. The van der Waals surface area contributed by atoms with Gasteiger partial charge in [-0.3, -0.25) is 9.69 Å².